The molecule has 0 saturated carbocycles. The van der Waals surface area contributed by atoms with Gasteiger partial charge in [-0.05, 0) is 55.2 Å². The minimum absolute atomic E-state index is 0.000162. The number of phenolic OH excluding ortho intramolecular Hbond substituents is 1. The van der Waals surface area contributed by atoms with Gasteiger partial charge in [0.05, 0.1) is 12.4 Å². The molecule has 19 nitrogen and oxygen atoms in total. The number of nitrogens with one attached hydrogen (secondary N) is 5. The Balaban J connectivity index is 1.85. The number of H-pyrrole nitrogens is 1. The van der Waals surface area contributed by atoms with Gasteiger partial charge in [-0.15, -0.1) is 0 Å². The number of imidazole rings is 1. The van der Waals surface area contributed by atoms with Crippen LogP contribution in [0, 0.1) is 11.8 Å². The van der Waals surface area contributed by atoms with Gasteiger partial charge in [0.2, 0.25) is 35.4 Å². The number of carbonyl (C=O) groups is 6. The average Bonchev–Trinajstić information content (AvgIpc) is 3.87. The van der Waals surface area contributed by atoms with E-state index in [0.717, 1.165) is 0 Å². The summed E-state index contributed by atoms with van der Waals surface area (Å²) in [4.78, 5) is 93.3. The molecule has 1 saturated heterocycles. The fourth-order valence-corrected chi connectivity index (χ4v) is 6.34. The predicted octanol–water partition coefficient (Wildman–Crippen LogP) is -1.60. The Morgan fingerprint density at radius 1 is 0.911 bits per heavy atom. The van der Waals surface area contributed by atoms with E-state index < -0.39 is 83.5 Å². The molecule has 1 aromatic heterocycles. The zero-order valence-electron chi connectivity index (χ0n) is 32.5. The van der Waals surface area contributed by atoms with Crippen LogP contribution in [0.2, 0.25) is 0 Å². The molecule has 56 heavy (non-hydrogen) atoms. The van der Waals surface area contributed by atoms with Crippen LogP contribution in [0.25, 0.3) is 0 Å². The first kappa shape index (κ1) is 44.7. The Hall–Kier alpha value is -5.72. The van der Waals surface area contributed by atoms with Crippen LogP contribution in [0.5, 0.6) is 5.75 Å². The minimum Gasteiger partial charge on any atom is -0.508 e. The molecule has 2 heterocycles. The standard InChI is InChI=1S/C37H58N12O7/c1-5-21(4)30(35(55)46-27(17-23-18-42-19-44-23)36(56)49-15-7-9-28(49)31(39)51)48-33(53)26(16-22-10-12-24(50)13-11-22)45-34(54)29(20(2)3)47-32(52)25(38)8-6-14-43-37(40)41/h10-13,18-21,25-30,50H,5-9,14-17,38H2,1-4H3,(H2,39,51)(H,42,44)(H,45,54)(H,46,55)(H,47,52)(H,48,53)(H4,40,41,43)/t21-,25-,26-,27-,28-,29-,30-/m0/s1. The van der Waals surface area contributed by atoms with Crippen LogP contribution < -0.4 is 44.2 Å². The summed E-state index contributed by atoms with van der Waals surface area (Å²) >= 11 is 0. The van der Waals surface area contributed by atoms with Crippen molar-refractivity contribution in [3.8, 4) is 5.75 Å². The molecule has 0 bridgehead atoms. The van der Waals surface area contributed by atoms with Crippen LogP contribution in [0.4, 0.5) is 0 Å². The van der Waals surface area contributed by atoms with E-state index in [-0.39, 0.29) is 44.1 Å². The number of aromatic nitrogens is 2. The van der Waals surface area contributed by atoms with Gasteiger partial charge >= 0.3 is 0 Å². The number of hydrogen-bond donors (Lipinski definition) is 10. The van der Waals surface area contributed by atoms with Gasteiger partial charge in [-0.25, -0.2) is 4.98 Å². The number of nitrogens with two attached hydrogens (primary N) is 4. The Morgan fingerprint density at radius 3 is 2.14 bits per heavy atom. The highest BCUT2D eigenvalue weighted by Gasteiger charge is 2.39. The van der Waals surface area contributed by atoms with Crippen LogP contribution in [-0.4, -0.2) is 111 Å². The molecule has 1 aliphatic rings. The lowest BCUT2D eigenvalue weighted by atomic mass is 9.96. The van der Waals surface area contributed by atoms with E-state index in [1.54, 1.807) is 32.9 Å². The lowest BCUT2D eigenvalue weighted by molar-refractivity contribution is -0.141. The predicted molar refractivity (Wildman–Crippen MR) is 208 cm³/mol. The number of amides is 6. The van der Waals surface area contributed by atoms with Crippen LogP contribution in [0.15, 0.2) is 41.8 Å². The summed E-state index contributed by atoms with van der Waals surface area (Å²) in [6.07, 6.45) is 5.03. The maximum absolute atomic E-state index is 14.2. The van der Waals surface area contributed by atoms with Crippen LogP contribution in [0.3, 0.4) is 0 Å². The van der Waals surface area contributed by atoms with Crippen LogP contribution in [0.1, 0.15) is 71.1 Å². The molecule has 1 aromatic carbocycles. The van der Waals surface area contributed by atoms with E-state index >= 15 is 0 Å². The van der Waals surface area contributed by atoms with Crippen LogP contribution in [-0.2, 0) is 41.6 Å². The van der Waals surface area contributed by atoms with Crippen molar-refractivity contribution in [1.29, 1.82) is 0 Å². The third-order valence-electron chi connectivity index (χ3n) is 9.81. The molecule has 2 aromatic rings. The zero-order valence-corrected chi connectivity index (χ0v) is 32.5. The Morgan fingerprint density at radius 2 is 1.55 bits per heavy atom. The van der Waals surface area contributed by atoms with Crippen LogP contribution >= 0.6 is 0 Å². The number of rotatable bonds is 21. The minimum atomic E-state index is -1.25. The van der Waals surface area contributed by atoms with Crippen molar-refractivity contribution in [3.05, 3.63) is 48.0 Å². The number of carbonyl (C=O) groups excluding carboxylic acids is 6. The van der Waals surface area contributed by atoms with E-state index in [9.17, 15) is 33.9 Å². The number of hydrogen-bond acceptors (Lipinski definition) is 10. The normalized spacial score (nSPS) is 17.1. The summed E-state index contributed by atoms with van der Waals surface area (Å²) in [7, 11) is 0. The molecule has 7 atom stereocenters. The topological polar surface area (TPSA) is 319 Å². The number of nitrogens with zero attached hydrogens (tertiary/aromatic N) is 3. The van der Waals surface area contributed by atoms with Crippen molar-refractivity contribution < 1.29 is 33.9 Å². The highest BCUT2D eigenvalue weighted by atomic mass is 16.3. The average molecular weight is 783 g/mol. The quantitative estimate of drug-likeness (QED) is 0.0391. The van der Waals surface area contributed by atoms with Gasteiger partial charge in [0.15, 0.2) is 5.96 Å². The van der Waals surface area contributed by atoms with Crippen molar-refractivity contribution in [2.24, 2.45) is 39.8 Å². The lowest BCUT2D eigenvalue weighted by Crippen LogP contribution is -2.61. The Kier molecular flexibility index (Phi) is 17.1. The number of guanidine groups is 1. The van der Waals surface area contributed by atoms with Crippen molar-refractivity contribution in [1.82, 2.24) is 36.1 Å². The summed E-state index contributed by atoms with van der Waals surface area (Å²) in [5, 5.41) is 20.9. The number of benzene rings is 1. The van der Waals surface area contributed by atoms with E-state index in [1.165, 1.54) is 29.6 Å². The van der Waals surface area contributed by atoms with E-state index in [1.807, 2.05) is 6.92 Å². The summed E-state index contributed by atoms with van der Waals surface area (Å²) in [6.45, 7) is 7.61. The smallest absolute Gasteiger partial charge is 0.246 e. The second kappa shape index (κ2) is 21.4. The van der Waals surface area contributed by atoms with Gasteiger partial charge < -0.3 is 59.2 Å². The Bertz CT molecular complexity index is 1660. The molecule has 308 valence electrons. The monoisotopic (exact) mass is 782 g/mol. The molecule has 14 N–H and O–H groups in total. The maximum Gasteiger partial charge on any atom is 0.246 e. The number of aromatic amines is 1. The van der Waals surface area contributed by atoms with Gasteiger partial charge in [0, 0.05) is 37.8 Å². The number of aliphatic imine (C=N–C) groups is 1. The number of likely N-dealkylation sites (tertiary alicyclic amines) is 1. The molecule has 0 unspecified atom stereocenters. The molecule has 1 fully saturated rings. The molecule has 0 radical (unpaired) electrons. The van der Waals surface area contributed by atoms with Gasteiger partial charge in [0.25, 0.3) is 0 Å². The molecule has 0 aliphatic carbocycles. The van der Waals surface area contributed by atoms with E-state index in [2.05, 4.69) is 36.2 Å². The largest absolute Gasteiger partial charge is 0.508 e. The number of primary amides is 1. The van der Waals surface area contributed by atoms with Gasteiger partial charge in [0.1, 0.15) is 36.0 Å². The Labute approximate surface area is 326 Å². The molecule has 3 rings (SSSR count). The van der Waals surface area contributed by atoms with Crippen molar-refractivity contribution >= 4 is 41.4 Å². The highest BCUT2D eigenvalue weighted by Crippen LogP contribution is 2.20. The number of phenols is 1. The van der Waals surface area contributed by atoms with E-state index in [0.29, 0.717) is 36.9 Å². The zero-order chi connectivity index (χ0) is 41.5. The molecule has 1 aliphatic heterocycles. The van der Waals surface area contributed by atoms with Gasteiger partial charge in [-0.2, -0.15) is 0 Å². The summed E-state index contributed by atoms with van der Waals surface area (Å²) in [6, 6.07) is -0.343. The summed E-state index contributed by atoms with van der Waals surface area (Å²) < 4.78 is 0. The summed E-state index contributed by atoms with van der Waals surface area (Å²) in [5.41, 5.74) is 23.5. The summed E-state index contributed by atoms with van der Waals surface area (Å²) in [5.74, 6) is -4.68. The third kappa shape index (κ3) is 13.2. The molecular formula is C37H58N12O7. The van der Waals surface area contributed by atoms with Crippen molar-refractivity contribution in [3.63, 3.8) is 0 Å². The third-order valence-corrected chi connectivity index (χ3v) is 9.81. The second-order valence-corrected chi connectivity index (χ2v) is 14.5. The first-order valence-electron chi connectivity index (χ1n) is 18.9. The van der Waals surface area contributed by atoms with Crippen molar-refractivity contribution in [2.45, 2.75) is 109 Å². The van der Waals surface area contributed by atoms with Gasteiger partial charge in [-0.3, -0.25) is 33.8 Å². The molecular weight excluding hydrogens is 724 g/mol. The molecule has 19 heteroatoms. The molecule has 0 spiro atoms. The highest BCUT2D eigenvalue weighted by molar-refractivity contribution is 5.97. The SMILES string of the molecule is CC[C@H](C)[C@H](NC(=O)[C@H](Cc1ccc(O)cc1)NC(=O)[C@@H](NC(=O)[C@@H](N)CCCN=C(N)N)C(C)C)C(=O)N[C@@H](Cc1cnc[nH]1)C(=O)N1CCC[C@H]1C(N)=O. The van der Waals surface area contributed by atoms with Crippen molar-refractivity contribution in [2.75, 3.05) is 13.1 Å². The molecule has 6 amide bonds. The first-order chi connectivity index (χ1) is 26.5. The maximum atomic E-state index is 14.2. The fraction of sp³-hybridized carbons (Fsp3) is 0.568. The lowest BCUT2D eigenvalue weighted by Gasteiger charge is -2.31. The van der Waals surface area contributed by atoms with Gasteiger partial charge in [-0.1, -0.05) is 46.2 Å². The fourth-order valence-electron chi connectivity index (χ4n) is 6.34. The van der Waals surface area contributed by atoms with E-state index in [4.69, 9.17) is 22.9 Å². The first-order valence-corrected chi connectivity index (χ1v) is 18.9. The second-order valence-electron chi connectivity index (χ2n) is 14.5. The number of aromatic hydroxyl groups is 1.